The minimum absolute atomic E-state index is 0.668. The van der Waals surface area contributed by atoms with Gasteiger partial charge in [0.15, 0.2) is 5.82 Å². The van der Waals surface area contributed by atoms with E-state index < -0.39 is 0 Å². The molecule has 0 aliphatic rings. The van der Waals surface area contributed by atoms with Crippen molar-refractivity contribution in [1.82, 2.24) is 9.97 Å². The monoisotopic (exact) mass is 325 g/mol. The van der Waals surface area contributed by atoms with Crippen LogP contribution in [0.1, 0.15) is 11.3 Å². The van der Waals surface area contributed by atoms with Gasteiger partial charge in [-0.1, -0.05) is 23.7 Å². The fourth-order valence-corrected chi connectivity index (χ4v) is 2.14. The highest BCUT2D eigenvalue weighted by molar-refractivity contribution is 9.10. The third-order valence-electron chi connectivity index (χ3n) is 2.68. The van der Waals surface area contributed by atoms with Gasteiger partial charge in [-0.2, -0.15) is 0 Å². The SMILES string of the molecule is CNc1nc(-c2ccc(C)c(Cl)c2)nc(C)c1Br. The largest absolute Gasteiger partial charge is 0.372 e. The number of hydrogen-bond acceptors (Lipinski definition) is 3. The normalized spacial score (nSPS) is 10.5. The first kappa shape index (κ1) is 13.3. The molecule has 0 fully saturated rings. The molecule has 0 radical (unpaired) electrons. The van der Waals surface area contributed by atoms with Crippen molar-refractivity contribution in [3.8, 4) is 11.4 Å². The second kappa shape index (κ2) is 5.24. The summed E-state index contributed by atoms with van der Waals surface area (Å²) >= 11 is 9.59. The predicted octanol–water partition coefficient (Wildman–Crippen LogP) is 4.22. The van der Waals surface area contributed by atoms with Crippen molar-refractivity contribution in [1.29, 1.82) is 0 Å². The summed E-state index contributed by atoms with van der Waals surface area (Å²) in [5.74, 6) is 1.44. The molecule has 1 N–H and O–H groups in total. The molecule has 94 valence electrons. The third kappa shape index (κ3) is 2.49. The lowest BCUT2D eigenvalue weighted by Crippen LogP contribution is -2.00. The van der Waals surface area contributed by atoms with E-state index >= 15 is 0 Å². The van der Waals surface area contributed by atoms with E-state index in [1.165, 1.54) is 0 Å². The molecular formula is C13H13BrClN3. The van der Waals surface area contributed by atoms with E-state index in [1.807, 2.05) is 39.1 Å². The molecule has 18 heavy (non-hydrogen) atoms. The van der Waals surface area contributed by atoms with Crippen molar-refractivity contribution in [3.63, 3.8) is 0 Å². The molecule has 2 aromatic rings. The van der Waals surface area contributed by atoms with Gasteiger partial charge in [0.2, 0.25) is 0 Å². The molecule has 0 aliphatic carbocycles. The Kier molecular flexibility index (Phi) is 3.88. The van der Waals surface area contributed by atoms with Gasteiger partial charge in [-0.3, -0.25) is 0 Å². The maximum atomic E-state index is 6.13. The molecule has 1 aromatic heterocycles. The van der Waals surface area contributed by atoms with Gasteiger partial charge in [-0.05, 0) is 41.4 Å². The van der Waals surface area contributed by atoms with E-state index in [1.54, 1.807) is 0 Å². The molecule has 3 nitrogen and oxygen atoms in total. The van der Waals surface area contributed by atoms with Crippen LogP contribution in [0.15, 0.2) is 22.7 Å². The Balaban J connectivity index is 2.57. The van der Waals surface area contributed by atoms with Gasteiger partial charge in [0.1, 0.15) is 5.82 Å². The molecule has 0 amide bonds. The number of halogens is 2. The van der Waals surface area contributed by atoms with Gasteiger partial charge in [0, 0.05) is 17.6 Å². The molecule has 0 bridgehead atoms. The lowest BCUT2D eigenvalue weighted by molar-refractivity contribution is 1.09. The molecule has 0 saturated carbocycles. The molecule has 0 unspecified atom stereocenters. The quantitative estimate of drug-likeness (QED) is 0.898. The number of nitrogens with zero attached hydrogens (tertiary/aromatic N) is 2. The van der Waals surface area contributed by atoms with Crippen molar-refractivity contribution in [2.24, 2.45) is 0 Å². The summed E-state index contributed by atoms with van der Waals surface area (Å²) in [4.78, 5) is 8.93. The Morgan fingerprint density at radius 1 is 1.22 bits per heavy atom. The molecule has 1 aromatic carbocycles. The number of anilines is 1. The molecule has 1 heterocycles. The number of rotatable bonds is 2. The Labute approximate surface area is 120 Å². The second-order valence-corrected chi connectivity index (χ2v) is 5.21. The van der Waals surface area contributed by atoms with Crippen LogP contribution < -0.4 is 5.32 Å². The standard InChI is InChI=1S/C13H13BrClN3/c1-7-4-5-9(6-10(7)15)12-17-8(2)11(14)13(16-3)18-12/h4-6H,1-3H3,(H,16,17,18). The summed E-state index contributed by atoms with van der Waals surface area (Å²) < 4.78 is 0.881. The zero-order chi connectivity index (χ0) is 13.3. The maximum Gasteiger partial charge on any atom is 0.161 e. The highest BCUT2D eigenvalue weighted by Gasteiger charge is 2.10. The van der Waals surface area contributed by atoms with Crippen LogP contribution in [-0.4, -0.2) is 17.0 Å². The van der Waals surface area contributed by atoms with Crippen molar-refractivity contribution < 1.29 is 0 Å². The first-order valence-electron chi connectivity index (χ1n) is 5.51. The minimum Gasteiger partial charge on any atom is -0.372 e. The Hall–Kier alpha value is -1.13. The number of benzene rings is 1. The van der Waals surface area contributed by atoms with Crippen molar-refractivity contribution >= 4 is 33.3 Å². The molecule has 5 heteroatoms. The van der Waals surface area contributed by atoms with Crippen molar-refractivity contribution in [2.45, 2.75) is 13.8 Å². The van der Waals surface area contributed by atoms with E-state index in [0.717, 1.165) is 32.1 Å². The van der Waals surface area contributed by atoms with Gasteiger partial charge in [0.25, 0.3) is 0 Å². The topological polar surface area (TPSA) is 37.8 Å². The fourth-order valence-electron chi connectivity index (χ4n) is 1.59. The van der Waals surface area contributed by atoms with Gasteiger partial charge < -0.3 is 5.32 Å². The summed E-state index contributed by atoms with van der Waals surface area (Å²) in [5, 5.41) is 3.77. The summed E-state index contributed by atoms with van der Waals surface area (Å²) in [6, 6.07) is 5.83. The van der Waals surface area contributed by atoms with Crippen LogP contribution in [0.4, 0.5) is 5.82 Å². The molecule has 0 atom stereocenters. The van der Waals surface area contributed by atoms with Crippen molar-refractivity contribution in [3.05, 3.63) is 39.0 Å². The van der Waals surface area contributed by atoms with E-state index in [2.05, 4.69) is 31.2 Å². The zero-order valence-electron chi connectivity index (χ0n) is 10.4. The van der Waals surface area contributed by atoms with Crippen LogP contribution in [0, 0.1) is 13.8 Å². The average molecular weight is 327 g/mol. The number of nitrogens with one attached hydrogen (secondary N) is 1. The Bertz CT molecular complexity index is 599. The van der Waals surface area contributed by atoms with Crippen LogP contribution in [0.3, 0.4) is 0 Å². The molecular weight excluding hydrogens is 314 g/mol. The van der Waals surface area contributed by atoms with Crippen molar-refractivity contribution in [2.75, 3.05) is 12.4 Å². The zero-order valence-corrected chi connectivity index (χ0v) is 12.7. The molecule has 2 rings (SSSR count). The average Bonchev–Trinajstić information content (AvgIpc) is 2.36. The highest BCUT2D eigenvalue weighted by Crippen LogP contribution is 2.28. The predicted molar refractivity (Wildman–Crippen MR) is 79.2 cm³/mol. The van der Waals surface area contributed by atoms with Crippen LogP contribution >= 0.6 is 27.5 Å². The van der Waals surface area contributed by atoms with Gasteiger partial charge >= 0.3 is 0 Å². The third-order valence-corrected chi connectivity index (χ3v) is 4.04. The fraction of sp³-hybridized carbons (Fsp3) is 0.231. The number of aryl methyl sites for hydroxylation is 2. The molecule has 0 saturated heterocycles. The summed E-state index contributed by atoms with van der Waals surface area (Å²) in [7, 11) is 1.83. The summed E-state index contributed by atoms with van der Waals surface area (Å²) in [5.41, 5.74) is 2.85. The lowest BCUT2D eigenvalue weighted by Gasteiger charge is -2.09. The lowest BCUT2D eigenvalue weighted by atomic mass is 10.1. The van der Waals surface area contributed by atoms with E-state index in [4.69, 9.17) is 11.6 Å². The smallest absolute Gasteiger partial charge is 0.161 e. The molecule has 0 aliphatic heterocycles. The summed E-state index contributed by atoms with van der Waals surface area (Å²) in [6.45, 7) is 3.91. The maximum absolute atomic E-state index is 6.13. The Morgan fingerprint density at radius 2 is 1.94 bits per heavy atom. The van der Waals surface area contributed by atoms with E-state index in [-0.39, 0.29) is 0 Å². The van der Waals surface area contributed by atoms with Gasteiger partial charge in [-0.25, -0.2) is 9.97 Å². The molecule has 0 spiro atoms. The van der Waals surface area contributed by atoms with Crippen LogP contribution in [0.2, 0.25) is 5.02 Å². The van der Waals surface area contributed by atoms with Crippen LogP contribution in [0.5, 0.6) is 0 Å². The first-order valence-corrected chi connectivity index (χ1v) is 6.68. The van der Waals surface area contributed by atoms with E-state index in [0.29, 0.717) is 5.82 Å². The number of aromatic nitrogens is 2. The van der Waals surface area contributed by atoms with Crippen LogP contribution in [0.25, 0.3) is 11.4 Å². The second-order valence-electron chi connectivity index (χ2n) is 4.01. The Morgan fingerprint density at radius 3 is 2.56 bits per heavy atom. The van der Waals surface area contributed by atoms with Crippen LogP contribution in [-0.2, 0) is 0 Å². The van der Waals surface area contributed by atoms with E-state index in [9.17, 15) is 0 Å². The highest BCUT2D eigenvalue weighted by atomic mass is 79.9. The first-order chi connectivity index (χ1) is 8.52. The van der Waals surface area contributed by atoms with Gasteiger partial charge in [0.05, 0.1) is 10.2 Å². The summed E-state index contributed by atoms with van der Waals surface area (Å²) in [6.07, 6.45) is 0. The van der Waals surface area contributed by atoms with Gasteiger partial charge in [-0.15, -0.1) is 0 Å². The number of hydrogen-bond donors (Lipinski definition) is 1. The minimum atomic E-state index is 0.668.